The van der Waals surface area contributed by atoms with Crippen LogP contribution in [0.5, 0.6) is 0 Å². The minimum atomic E-state index is -3.06. The standard InChI is InChI=1S/C34H28O2S/c35-37(36)21-27-28(22-37)32-33(25-17-9-3-10-18-25)30(24-15-7-2-8-16-24)29(23-13-5-1-6-14-23)31(27)34(32,33)26-19-11-4-12-20-26/h1-20,27-28,31-32H,21-22H2/t27?,28?,31-,32+,33-,34-/m1/s1. The minimum Gasteiger partial charge on any atom is -0.229 e. The molecule has 37 heavy (non-hydrogen) atoms. The molecule has 3 heteroatoms. The molecule has 2 saturated carbocycles. The van der Waals surface area contributed by atoms with Crippen molar-refractivity contribution in [2.45, 2.75) is 10.8 Å². The Labute approximate surface area is 218 Å². The van der Waals surface area contributed by atoms with Crippen LogP contribution in [0.1, 0.15) is 22.3 Å². The molecule has 6 atom stereocenters. The number of benzene rings is 4. The second-order valence-corrected chi connectivity index (χ2v) is 13.4. The number of hydrogen-bond donors (Lipinski definition) is 0. The van der Waals surface area contributed by atoms with Gasteiger partial charge in [0.2, 0.25) is 0 Å². The van der Waals surface area contributed by atoms with E-state index in [-0.39, 0.29) is 34.5 Å². The van der Waals surface area contributed by atoms with Gasteiger partial charge in [0.25, 0.3) is 0 Å². The molecule has 0 aromatic heterocycles. The lowest BCUT2D eigenvalue weighted by Crippen LogP contribution is -2.31. The third-order valence-corrected chi connectivity index (χ3v) is 11.7. The summed E-state index contributed by atoms with van der Waals surface area (Å²) in [6, 6.07) is 43.6. The molecule has 1 saturated heterocycles. The maximum atomic E-state index is 13.1. The number of allylic oxidation sites excluding steroid dienone is 2. The van der Waals surface area contributed by atoms with Crippen molar-refractivity contribution in [3.8, 4) is 0 Å². The maximum Gasteiger partial charge on any atom is 0.150 e. The van der Waals surface area contributed by atoms with E-state index in [1.54, 1.807) is 0 Å². The summed E-state index contributed by atoms with van der Waals surface area (Å²) in [6.07, 6.45) is 0. The van der Waals surface area contributed by atoms with Crippen LogP contribution >= 0.6 is 0 Å². The van der Waals surface area contributed by atoms with Crippen molar-refractivity contribution < 1.29 is 8.42 Å². The normalized spacial score (nSPS) is 34.3. The average Bonchev–Trinajstić information content (AvgIpc) is 3.15. The molecule has 0 spiro atoms. The fraction of sp³-hybridized carbons (Fsp3) is 0.235. The highest BCUT2D eigenvalue weighted by Crippen LogP contribution is 2.91. The third kappa shape index (κ3) is 2.54. The van der Waals surface area contributed by atoms with Crippen molar-refractivity contribution in [1.82, 2.24) is 0 Å². The first-order chi connectivity index (χ1) is 18.1. The Hall–Kier alpha value is -3.43. The van der Waals surface area contributed by atoms with Gasteiger partial charge < -0.3 is 0 Å². The highest BCUT2D eigenvalue weighted by Gasteiger charge is 2.92. The van der Waals surface area contributed by atoms with E-state index in [1.165, 1.54) is 33.4 Å². The van der Waals surface area contributed by atoms with Crippen LogP contribution in [0.15, 0.2) is 121 Å². The fourth-order valence-corrected chi connectivity index (χ4v) is 11.4. The van der Waals surface area contributed by atoms with Gasteiger partial charge in [-0.3, -0.25) is 0 Å². The lowest BCUT2D eigenvalue weighted by Gasteiger charge is -2.31. The summed E-state index contributed by atoms with van der Waals surface area (Å²) < 4.78 is 26.3. The van der Waals surface area contributed by atoms with E-state index < -0.39 is 9.84 Å². The van der Waals surface area contributed by atoms with Gasteiger partial charge in [0, 0.05) is 16.7 Å². The number of rotatable bonds is 4. The fourth-order valence-electron chi connectivity index (χ4n) is 9.22. The molecule has 0 radical (unpaired) electrons. The monoisotopic (exact) mass is 500 g/mol. The van der Waals surface area contributed by atoms with E-state index in [1.807, 2.05) is 0 Å². The van der Waals surface area contributed by atoms with Crippen LogP contribution in [0.4, 0.5) is 0 Å². The van der Waals surface area contributed by atoms with Crippen molar-refractivity contribution >= 4 is 21.0 Å². The zero-order valence-corrected chi connectivity index (χ0v) is 21.3. The predicted molar refractivity (Wildman–Crippen MR) is 149 cm³/mol. The molecule has 182 valence electrons. The first kappa shape index (κ1) is 21.6. The van der Waals surface area contributed by atoms with Gasteiger partial charge in [0.1, 0.15) is 0 Å². The first-order valence-electron chi connectivity index (χ1n) is 13.3. The average molecular weight is 501 g/mol. The third-order valence-electron chi connectivity index (χ3n) is 9.92. The summed E-state index contributed by atoms with van der Waals surface area (Å²) in [7, 11) is -3.06. The molecular weight excluding hydrogens is 472 g/mol. The molecule has 4 aromatic rings. The maximum absolute atomic E-state index is 13.1. The van der Waals surface area contributed by atoms with Crippen molar-refractivity contribution in [2.75, 3.05) is 11.5 Å². The molecule has 0 N–H and O–H groups in total. The van der Waals surface area contributed by atoms with Gasteiger partial charge in [0.05, 0.1) is 11.5 Å². The van der Waals surface area contributed by atoms with Crippen LogP contribution in [-0.2, 0) is 20.7 Å². The van der Waals surface area contributed by atoms with Gasteiger partial charge in [-0.15, -0.1) is 0 Å². The second kappa shape index (κ2) is 7.33. The Morgan fingerprint density at radius 1 is 0.568 bits per heavy atom. The molecule has 2 unspecified atom stereocenters. The summed E-state index contributed by atoms with van der Waals surface area (Å²) >= 11 is 0. The lowest BCUT2D eigenvalue weighted by atomic mass is 9.70. The molecule has 4 aliphatic rings. The zero-order valence-electron chi connectivity index (χ0n) is 20.5. The van der Waals surface area contributed by atoms with Crippen LogP contribution in [0.25, 0.3) is 11.1 Å². The largest absolute Gasteiger partial charge is 0.229 e. The molecule has 0 amide bonds. The molecule has 1 heterocycles. The van der Waals surface area contributed by atoms with Gasteiger partial charge >= 0.3 is 0 Å². The molecule has 3 aliphatic carbocycles. The first-order valence-corrected chi connectivity index (χ1v) is 15.1. The van der Waals surface area contributed by atoms with Crippen LogP contribution in [-0.4, -0.2) is 19.9 Å². The minimum absolute atomic E-state index is 0.142. The molecule has 4 aromatic carbocycles. The van der Waals surface area contributed by atoms with Gasteiger partial charge in [-0.25, -0.2) is 8.42 Å². The summed E-state index contributed by atoms with van der Waals surface area (Å²) in [5.41, 5.74) is 7.55. The van der Waals surface area contributed by atoms with E-state index >= 15 is 0 Å². The molecule has 8 rings (SSSR count). The lowest BCUT2D eigenvalue weighted by molar-refractivity contribution is 0.341. The van der Waals surface area contributed by atoms with Crippen LogP contribution in [0.3, 0.4) is 0 Å². The van der Waals surface area contributed by atoms with Crippen molar-refractivity contribution in [3.05, 3.63) is 144 Å². The summed E-state index contributed by atoms with van der Waals surface area (Å²) in [5.74, 6) is 1.33. The van der Waals surface area contributed by atoms with E-state index in [0.29, 0.717) is 11.5 Å². The zero-order chi connectivity index (χ0) is 24.8. The van der Waals surface area contributed by atoms with Crippen molar-refractivity contribution in [1.29, 1.82) is 0 Å². The van der Waals surface area contributed by atoms with Gasteiger partial charge in [-0.1, -0.05) is 121 Å². The van der Waals surface area contributed by atoms with Crippen molar-refractivity contribution in [3.63, 3.8) is 0 Å². The SMILES string of the molecule is O=S1(=O)CC2C(C1)[C@@H]1C(c3ccccc3)=C(c3ccccc3)[C@]3(c4ccccc4)[C@H]2[C@@]13c1ccccc1. The molecule has 2 nitrogen and oxygen atoms in total. The summed E-state index contributed by atoms with van der Waals surface area (Å²) in [4.78, 5) is 0. The van der Waals surface area contributed by atoms with Gasteiger partial charge in [0.15, 0.2) is 9.84 Å². The number of hydrogen-bond acceptors (Lipinski definition) is 2. The summed E-state index contributed by atoms with van der Waals surface area (Å²) in [5, 5.41) is 0. The van der Waals surface area contributed by atoms with Crippen LogP contribution < -0.4 is 0 Å². The highest BCUT2D eigenvalue weighted by atomic mass is 32.2. The Kier molecular flexibility index (Phi) is 4.28. The number of fused-ring (bicyclic) bond motifs is 4. The smallest absolute Gasteiger partial charge is 0.150 e. The van der Waals surface area contributed by atoms with E-state index in [9.17, 15) is 8.42 Å². The summed E-state index contributed by atoms with van der Waals surface area (Å²) in [6.45, 7) is 0. The van der Waals surface area contributed by atoms with E-state index in [0.717, 1.165) is 0 Å². The second-order valence-electron chi connectivity index (χ2n) is 11.3. The van der Waals surface area contributed by atoms with Crippen LogP contribution in [0.2, 0.25) is 0 Å². The highest BCUT2D eigenvalue weighted by molar-refractivity contribution is 7.91. The Balaban J connectivity index is 1.53. The molecule has 3 fully saturated rings. The molecule has 0 bridgehead atoms. The molecule has 1 aliphatic heterocycles. The Morgan fingerprint density at radius 3 is 1.65 bits per heavy atom. The Bertz CT molecular complexity index is 1640. The quantitative estimate of drug-likeness (QED) is 0.325. The predicted octanol–water partition coefficient (Wildman–Crippen LogP) is 6.41. The van der Waals surface area contributed by atoms with Gasteiger partial charge in [-0.2, -0.15) is 0 Å². The number of sulfone groups is 1. The van der Waals surface area contributed by atoms with E-state index in [2.05, 4.69) is 121 Å². The molecular formula is C34H28O2S. The van der Waals surface area contributed by atoms with E-state index in [4.69, 9.17) is 0 Å². The topological polar surface area (TPSA) is 34.1 Å². The Morgan fingerprint density at radius 2 is 1.05 bits per heavy atom. The van der Waals surface area contributed by atoms with Gasteiger partial charge in [-0.05, 0) is 51.2 Å². The van der Waals surface area contributed by atoms with Crippen molar-refractivity contribution in [2.24, 2.45) is 23.7 Å². The van der Waals surface area contributed by atoms with Crippen LogP contribution in [0, 0.1) is 23.7 Å².